The maximum Gasteiger partial charge on any atom is 0.318 e. The van der Waals surface area contributed by atoms with Crippen molar-refractivity contribution in [1.29, 1.82) is 0 Å². The normalized spacial score (nSPS) is 20.1. The summed E-state index contributed by atoms with van der Waals surface area (Å²) in [4.78, 5) is 15.1. The molecule has 27 heavy (non-hydrogen) atoms. The van der Waals surface area contributed by atoms with E-state index in [4.69, 9.17) is 4.74 Å². The quantitative estimate of drug-likeness (QED) is 0.887. The van der Waals surface area contributed by atoms with Crippen LogP contribution in [0.2, 0.25) is 0 Å². The highest BCUT2D eigenvalue weighted by Crippen LogP contribution is 2.33. The van der Waals surface area contributed by atoms with Gasteiger partial charge in [-0.3, -0.25) is 0 Å². The van der Waals surface area contributed by atoms with Crippen LogP contribution in [-0.2, 0) is 17.6 Å². The number of hydrogen-bond donors (Lipinski definition) is 1. The van der Waals surface area contributed by atoms with Crippen molar-refractivity contribution >= 4 is 6.03 Å². The van der Waals surface area contributed by atoms with Gasteiger partial charge in [-0.25, -0.2) is 4.79 Å². The highest BCUT2D eigenvalue weighted by Gasteiger charge is 2.31. The number of benzene rings is 2. The molecule has 0 aromatic heterocycles. The predicted molar refractivity (Wildman–Crippen MR) is 107 cm³/mol. The summed E-state index contributed by atoms with van der Waals surface area (Å²) < 4.78 is 5.42. The molecule has 1 N–H and O–H groups in total. The van der Waals surface area contributed by atoms with E-state index in [1.165, 1.54) is 16.7 Å². The number of fused-ring (bicyclic) bond motifs is 1. The lowest BCUT2D eigenvalue weighted by Crippen LogP contribution is -2.50. The van der Waals surface area contributed by atoms with Crippen LogP contribution in [0.4, 0.5) is 4.79 Å². The van der Waals surface area contributed by atoms with Gasteiger partial charge < -0.3 is 15.0 Å². The summed E-state index contributed by atoms with van der Waals surface area (Å²) in [6.45, 7) is 2.27. The molecular formula is C23H28N2O2. The van der Waals surface area contributed by atoms with Gasteiger partial charge in [0.25, 0.3) is 0 Å². The Kier molecular flexibility index (Phi) is 5.73. The van der Waals surface area contributed by atoms with E-state index in [2.05, 4.69) is 58.7 Å². The number of nitrogens with zero attached hydrogens (tertiary/aromatic N) is 1. The fourth-order valence-corrected chi connectivity index (χ4v) is 4.25. The molecule has 0 bridgehead atoms. The van der Waals surface area contributed by atoms with Gasteiger partial charge >= 0.3 is 6.03 Å². The lowest BCUT2D eigenvalue weighted by atomic mass is 9.89. The summed E-state index contributed by atoms with van der Waals surface area (Å²) in [6.07, 6.45) is 4.66. The molecule has 4 heteroatoms. The van der Waals surface area contributed by atoms with Crippen LogP contribution in [0.1, 0.15) is 42.0 Å². The van der Waals surface area contributed by atoms with Crippen molar-refractivity contribution in [3.05, 3.63) is 71.3 Å². The second-order valence-corrected chi connectivity index (χ2v) is 7.52. The van der Waals surface area contributed by atoms with Gasteiger partial charge in [0.05, 0.1) is 6.04 Å². The monoisotopic (exact) mass is 364 g/mol. The molecule has 0 radical (unpaired) electrons. The predicted octanol–water partition coefficient (Wildman–Crippen LogP) is 4.11. The third-order valence-electron chi connectivity index (χ3n) is 5.77. The third-order valence-corrected chi connectivity index (χ3v) is 5.77. The zero-order valence-electron chi connectivity index (χ0n) is 15.8. The Bertz CT molecular complexity index is 756. The second-order valence-electron chi connectivity index (χ2n) is 7.52. The number of hydrogen-bond acceptors (Lipinski definition) is 2. The van der Waals surface area contributed by atoms with Gasteiger partial charge in [-0.15, -0.1) is 0 Å². The van der Waals surface area contributed by atoms with Crippen LogP contribution in [0.5, 0.6) is 0 Å². The van der Waals surface area contributed by atoms with Crippen molar-refractivity contribution in [3.8, 4) is 0 Å². The van der Waals surface area contributed by atoms with Gasteiger partial charge in [-0.05, 0) is 48.8 Å². The maximum absolute atomic E-state index is 13.1. The fourth-order valence-electron chi connectivity index (χ4n) is 4.25. The summed E-state index contributed by atoms with van der Waals surface area (Å²) in [5.74, 6) is 0. The summed E-state index contributed by atoms with van der Waals surface area (Å²) in [5, 5.41) is 3.25. The molecule has 0 aliphatic carbocycles. The van der Waals surface area contributed by atoms with Crippen molar-refractivity contribution in [2.24, 2.45) is 0 Å². The van der Waals surface area contributed by atoms with E-state index in [1.54, 1.807) is 0 Å². The van der Waals surface area contributed by atoms with E-state index in [0.29, 0.717) is 0 Å². The van der Waals surface area contributed by atoms with Crippen LogP contribution >= 0.6 is 0 Å². The SMILES string of the molecule is O=C(NC1CCOCC1)N1CCc2ccccc2C1CCc1ccccc1. The van der Waals surface area contributed by atoms with E-state index in [9.17, 15) is 4.79 Å². The lowest BCUT2D eigenvalue weighted by molar-refractivity contribution is 0.0764. The van der Waals surface area contributed by atoms with Gasteiger partial charge in [0.15, 0.2) is 0 Å². The maximum atomic E-state index is 13.1. The molecular weight excluding hydrogens is 336 g/mol. The topological polar surface area (TPSA) is 41.6 Å². The molecule has 0 spiro atoms. The van der Waals surface area contributed by atoms with E-state index in [0.717, 1.165) is 51.9 Å². The number of rotatable bonds is 4. The van der Waals surface area contributed by atoms with Crippen molar-refractivity contribution in [2.75, 3.05) is 19.8 Å². The Labute approximate surface area is 161 Å². The van der Waals surface area contributed by atoms with Crippen LogP contribution in [0.3, 0.4) is 0 Å². The van der Waals surface area contributed by atoms with Gasteiger partial charge in [-0.2, -0.15) is 0 Å². The minimum absolute atomic E-state index is 0.0782. The standard InChI is InChI=1S/C23H28N2O2/c26-23(24-20-13-16-27-17-14-20)25-15-12-19-8-4-5-9-21(19)22(25)11-10-18-6-2-1-3-7-18/h1-9,20,22H,10-17H2,(H,24,26). The first-order chi connectivity index (χ1) is 13.3. The van der Waals surface area contributed by atoms with Crippen molar-refractivity contribution in [2.45, 2.75) is 44.2 Å². The van der Waals surface area contributed by atoms with Crippen LogP contribution in [0, 0.1) is 0 Å². The molecule has 2 heterocycles. The van der Waals surface area contributed by atoms with Gasteiger partial charge in [0.2, 0.25) is 0 Å². The summed E-state index contributed by atoms with van der Waals surface area (Å²) >= 11 is 0. The summed E-state index contributed by atoms with van der Waals surface area (Å²) in [5.41, 5.74) is 4.01. The number of urea groups is 1. The molecule has 1 unspecified atom stereocenters. The van der Waals surface area contributed by atoms with Gasteiger partial charge in [0.1, 0.15) is 0 Å². The Balaban J connectivity index is 1.50. The van der Waals surface area contributed by atoms with Gasteiger partial charge in [0, 0.05) is 25.8 Å². The fraction of sp³-hybridized carbons (Fsp3) is 0.435. The van der Waals surface area contributed by atoms with Crippen molar-refractivity contribution < 1.29 is 9.53 Å². The number of carbonyl (C=O) groups excluding carboxylic acids is 1. The zero-order valence-corrected chi connectivity index (χ0v) is 15.8. The molecule has 2 aromatic carbocycles. The Morgan fingerprint density at radius 3 is 2.59 bits per heavy atom. The highest BCUT2D eigenvalue weighted by molar-refractivity contribution is 5.75. The lowest BCUT2D eigenvalue weighted by Gasteiger charge is -2.38. The molecule has 2 amide bonds. The first kappa shape index (κ1) is 18.1. The Morgan fingerprint density at radius 1 is 1.04 bits per heavy atom. The van der Waals surface area contributed by atoms with E-state index < -0.39 is 0 Å². The molecule has 1 atom stereocenters. The van der Waals surface area contributed by atoms with Gasteiger partial charge in [-0.1, -0.05) is 54.6 Å². The van der Waals surface area contributed by atoms with Crippen LogP contribution in [-0.4, -0.2) is 36.7 Å². The Hall–Kier alpha value is -2.33. The molecule has 4 nitrogen and oxygen atoms in total. The first-order valence-corrected chi connectivity index (χ1v) is 10.1. The van der Waals surface area contributed by atoms with Crippen LogP contribution < -0.4 is 5.32 Å². The number of nitrogens with one attached hydrogen (secondary N) is 1. The number of aryl methyl sites for hydroxylation is 1. The molecule has 1 fully saturated rings. The molecule has 0 saturated carbocycles. The van der Waals surface area contributed by atoms with E-state index >= 15 is 0 Å². The van der Waals surface area contributed by atoms with Crippen molar-refractivity contribution in [3.63, 3.8) is 0 Å². The first-order valence-electron chi connectivity index (χ1n) is 10.1. The molecule has 2 aromatic rings. The number of amides is 2. The smallest absolute Gasteiger partial charge is 0.318 e. The molecule has 2 aliphatic heterocycles. The highest BCUT2D eigenvalue weighted by atomic mass is 16.5. The molecule has 1 saturated heterocycles. The largest absolute Gasteiger partial charge is 0.381 e. The van der Waals surface area contributed by atoms with Crippen molar-refractivity contribution in [1.82, 2.24) is 10.2 Å². The summed E-state index contributed by atoms with van der Waals surface area (Å²) in [6, 6.07) is 19.6. The number of carbonyl (C=O) groups is 1. The van der Waals surface area contributed by atoms with E-state index in [-0.39, 0.29) is 18.1 Å². The average Bonchev–Trinajstić information content (AvgIpc) is 2.73. The molecule has 2 aliphatic rings. The van der Waals surface area contributed by atoms with Crippen LogP contribution in [0.25, 0.3) is 0 Å². The minimum Gasteiger partial charge on any atom is -0.381 e. The molecule has 142 valence electrons. The second kappa shape index (κ2) is 8.57. The molecule has 4 rings (SSSR count). The Morgan fingerprint density at radius 2 is 1.78 bits per heavy atom. The van der Waals surface area contributed by atoms with E-state index in [1.807, 2.05) is 6.07 Å². The van der Waals surface area contributed by atoms with Crippen LogP contribution in [0.15, 0.2) is 54.6 Å². The number of ether oxygens (including phenoxy) is 1. The third kappa shape index (κ3) is 4.33. The average molecular weight is 364 g/mol. The zero-order chi connectivity index (χ0) is 18.5. The minimum atomic E-state index is 0.0782. The summed E-state index contributed by atoms with van der Waals surface area (Å²) in [7, 11) is 0.